The number of ether oxygens (including phenoxy) is 1. The zero-order valence-corrected chi connectivity index (χ0v) is 12.1. The van der Waals surface area contributed by atoms with Gasteiger partial charge in [-0.05, 0) is 30.9 Å². The fraction of sp³-hybridized carbons (Fsp3) is 0.429. The lowest BCUT2D eigenvalue weighted by atomic mass is 10.1. The second-order valence-corrected chi connectivity index (χ2v) is 5.02. The van der Waals surface area contributed by atoms with Gasteiger partial charge in [0.2, 0.25) is 5.91 Å². The number of nitrogens with zero attached hydrogens (tertiary/aromatic N) is 1. The van der Waals surface area contributed by atoms with Crippen molar-refractivity contribution in [3.63, 3.8) is 0 Å². The Kier molecular flexibility index (Phi) is 4.39. The van der Waals surface area contributed by atoms with Crippen molar-refractivity contribution in [3.05, 3.63) is 33.1 Å². The molecule has 1 aromatic carbocycles. The molecule has 0 fully saturated rings. The molecule has 0 bridgehead atoms. The monoisotopic (exact) mass is 310 g/mol. The quantitative estimate of drug-likeness (QED) is 0.521. The number of hydrogen-bond donors (Lipinski definition) is 1. The van der Waals surface area contributed by atoms with E-state index in [1.165, 1.54) is 6.07 Å². The average molecular weight is 310 g/mol. The van der Waals surface area contributed by atoms with E-state index in [1.54, 1.807) is 6.92 Å². The van der Waals surface area contributed by atoms with Crippen molar-refractivity contribution in [1.29, 1.82) is 0 Å². The third-order valence-corrected chi connectivity index (χ3v) is 3.47. The summed E-state index contributed by atoms with van der Waals surface area (Å²) in [7, 11) is 0. The number of amides is 1. The Bertz CT molecular complexity index is 659. The molecule has 22 heavy (non-hydrogen) atoms. The molecule has 1 aromatic rings. The molecule has 0 saturated heterocycles. The smallest absolute Gasteiger partial charge is 0.309 e. The Morgan fingerprint density at radius 2 is 2.18 bits per heavy atom. The summed E-state index contributed by atoms with van der Waals surface area (Å²) in [5.41, 5.74) is -0.361. The third kappa shape index (κ3) is 2.90. The summed E-state index contributed by atoms with van der Waals surface area (Å²) in [6.07, 6.45) is 0.289. The molecule has 0 radical (unpaired) electrons. The lowest BCUT2D eigenvalue weighted by Gasteiger charge is -2.09. The van der Waals surface area contributed by atoms with Crippen LogP contribution in [-0.4, -0.2) is 23.4 Å². The topological polar surface area (TPSA) is 98.5 Å². The number of benzene rings is 1. The van der Waals surface area contributed by atoms with Gasteiger partial charge in [0.1, 0.15) is 0 Å². The predicted molar refractivity (Wildman–Crippen MR) is 74.9 cm³/mol. The number of hydrogen-bond acceptors (Lipinski definition) is 5. The van der Waals surface area contributed by atoms with E-state index in [0.717, 1.165) is 6.92 Å². The Hall–Kier alpha value is -2.51. The van der Waals surface area contributed by atoms with E-state index in [9.17, 15) is 24.1 Å². The van der Waals surface area contributed by atoms with Gasteiger partial charge in [-0.15, -0.1) is 0 Å². The number of fused-ring (bicyclic) bond motifs is 1. The molecule has 1 aliphatic carbocycles. The first-order chi connectivity index (χ1) is 10.3. The maximum absolute atomic E-state index is 14.5. The van der Waals surface area contributed by atoms with Crippen molar-refractivity contribution < 1.29 is 23.6 Å². The first-order valence-electron chi connectivity index (χ1n) is 6.78. The molecule has 0 heterocycles. The highest BCUT2D eigenvalue weighted by Gasteiger charge is 2.35. The minimum Gasteiger partial charge on any atom is -0.466 e. The van der Waals surface area contributed by atoms with Crippen molar-refractivity contribution in [1.82, 2.24) is 0 Å². The third-order valence-electron chi connectivity index (χ3n) is 3.47. The molecular formula is C14H15FN2O5. The number of nitro benzene ring substituents is 1. The van der Waals surface area contributed by atoms with Crippen LogP contribution in [0.15, 0.2) is 6.07 Å². The fourth-order valence-electron chi connectivity index (χ4n) is 2.58. The predicted octanol–water partition coefficient (Wildman–Crippen LogP) is 1.97. The van der Waals surface area contributed by atoms with Gasteiger partial charge in [0.05, 0.1) is 17.4 Å². The molecule has 8 heteroatoms. The summed E-state index contributed by atoms with van der Waals surface area (Å²) in [6.45, 7) is 3.02. The number of nitro groups is 1. The highest BCUT2D eigenvalue weighted by molar-refractivity contribution is 5.92. The van der Waals surface area contributed by atoms with E-state index in [-0.39, 0.29) is 25.0 Å². The van der Waals surface area contributed by atoms with Gasteiger partial charge >= 0.3 is 5.97 Å². The summed E-state index contributed by atoms with van der Waals surface area (Å²) in [5.74, 6) is -2.48. The number of carbonyl (C=O) groups excluding carboxylic acids is 2. The number of halogens is 1. The van der Waals surface area contributed by atoms with Gasteiger partial charge in [-0.3, -0.25) is 19.7 Å². The van der Waals surface area contributed by atoms with Crippen molar-refractivity contribution >= 4 is 23.3 Å². The average Bonchev–Trinajstić information content (AvgIpc) is 2.85. The highest BCUT2D eigenvalue weighted by Crippen LogP contribution is 2.38. The van der Waals surface area contributed by atoms with Crippen LogP contribution in [0.25, 0.3) is 0 Å². The van der Waals surface area contributed by atoms with Gasteiger partial charge in [-0.1, -0.05) is 0 Å². The maximum atomic E-state index is 14.5. The van der Waals surface area contributed by atoms with Crippen LogP contribution in [-0.2, 0) is 27.2 Å². The van der Waals surface area contributed by atoms with Gasteiger partial charge in [0.25, 0.3) is 5.69 Å². The Morgan fingerprint density at radius 3 is 2.73 bits per heavy atom. The molecule has 0 spiro atoms. The molecule has 0 aromatic heterocycles. The van der Waals surface area contributed by atoms with E-state index >= 15 is 0 Å². The minimum atomic E-state index is -0.855. The van der Waals surface area contributed by atoms with Crippen LogP contribution in [0.5, 0.6) is 0 Å². The van der Waals surface area contributed by atoms with E-state index in [2.05, 4.69) is 5.32 Å². The molecule has 1 amide bonds. The van der Waals surface area contributed by atoms with Crippen LogP contribution in [0.1, 0.15) is 25.0 Å². The van der Waals surface area contributed by atoms with E-state index in [1.807, 2.05) is 0 Å². The molecule has 0 aliphatic heterocycles. The van der Waals surface area contributed by atoms with Gasteiger partial charge in [-0.25, -0.2) is 4.39 Å². The van der Waals surface area contributed by atoms with Crippen LogP contribution in [0.3, 0.4) is 0 Å². The largest absolute Gasteiger partial charge is 0.466 e. The molecule has 7 nitrogen and oxygen atoms in total. The van der Waals surface area contributed by atoms with Crippen molar-refractivity contribution in [3.8, 4) is 0 Å². The number of rotatable bonds is 4. The van der Waals surface area contributed by atoms with E-state index < -0.39 is 39.9 Å². The second kappa shape index (κ2) is 6.08. The van der Waals surface area contributed by atoms with Gasteiger partial charge in [-0.2, -0.15) is 0 Å². The Morgan fingerprint density at radius 1 is 1.50 bits per heavy atom. The molecule has 1 aliphatic rings. The van der Waals surface area contributed by atoms with Gasteiger partial charge in [0, 0.05) is 13.0 Å². The Balaban J connectivity index is 2.43. The van der Waals surface area contributed by atoms with Crippen molar-refractivity contribution in [2.75, 3.05) is 11.9 Å². The normalized spacial score (nSPS) is 16.0. The molecule has 1 N–H and O–H groups in total. The van der Waals surface area contributed by atoms with Crippen LogP contribution < -0.4 is 5.32 Å². The standard InChI is InChI=1S/C14H15FN2O5/c1-3-22-14(19)9-4-8-6-11(17(20)21)13(16-7(2)18)12(15)10(8)5-9/h6,9H,3-5H2,1-2H3,(H,16,18). The van der Waals surface area contributed by atoms with Crippen LogP contribution in [0.2, 0.25) is 0 Å². The van der Waals surface area contributed by atoms with Crippen LogP contribution >= 0.6 is 0 Å². The second-order valence-electron chi connectivity index (χ2n) is 5.02. The van der Waals surface area contributed by atoms with Crippen molar-refractivity contribution in [2.24, 2.45) is 5.92 Å². The summed E-state index contributed by atoms with van der Waals surface area (Å²) >= 11 is 0. The van der Waals surface area contributed by atoms with Crippen LogP contribution in [0.4, 0.5) is 15.8 Å². The molecule has 2 rings (SSSR count). The molecule has 1 unspecified atom stereocenters. The number of anilines is 1. The molecular weight excluding hydrogens is 295 g/mol. The molecule has 118 valence electrons. The summed E-state index contributed by atoms with van der Waals surface area (Å²) in [4.78, 5) is 33.2. The summed E-state index contributed by atoms with van der Waals surface area (Å²) in [5, 5.41) is 13.2. The molecule has 1 atom stereocenters. The van der Waals surface area contributed by atoms with E-state index in [0.29, 0.717) is 5.56 Å². The number of carbonyl (C=O) groups is 2. The Labute approximate surface area is 125 Å². The SMILES string of the molecule is CCOC(=O)C1Cc2cc([N+](=O)[O-])c(NC(C)=O)c(F)c2C1. The zero-order valence-electron chi connectivity index (χ0n) is 12.1. The van der Waals surface area contributed by atoms with Gasteiger partial charge in [0.15, 0.2) is 11.5 Å². The van der Waals surface area contributed by atoms with Crippen molar-refractivity contribution in [2.45, 2.75) is 26.7 Å². The van der Waals surface area contributed by atoms with Crippen LogP contribution in [0, 0.1) is 21.8 Å². The maximum Gasteiger partial charge on any atom is 0.309 e. The van der Waals surface area contributed by atoms with Gasteiger partial charge < -0.3 is 10.1 Å². The lowest BCUT2D eigenvalue weighted by molar-refractivity contribution is -0.384. The first-order valence-corrected chi connectivity index (χ1v) is 6.78. The fourth-order valence-corrected chi connectivity index (χ4v) is 2.58. The highest BCUT2D eigenvalue weighted by atomic mass is 19.1. The first kappa shape index (κ1) is 15.9. The minimum absolute atomic E-state index is 0.102. The lowest BCUT2D eigenvalue weighted by Crippen LogP contribution is -2.17. The number of esters is 1. The summed E-state index contributed by atoms with van der Waals surface area (Å²) < 4.78 is 19.4. The van der Waals surface area contributed by atoms with E-state index in [4.69, 9.17) is 4.74 Å². The summed E-state index contributed by atoms with van der Waals surface area (Å²) in [6, 6.07) is 1.21. The number of nitrogens with one attached hydrogen (secondary N) is 1. The molecule has 0 saturated carbocycles. The zero-order chi connectivity index (χ0) is 16.4.